The molecule has 0 aliphatic carbocycles. The number of ether oxygens (including phenoxy) is 1. The summed E-state index contributed by atoms with van der Waals surface area (Å²) >= 11 is 0. The molecule has 1 atom stereocenters. The van der Waals surface area contributed by atoms with Gasteiger partial charge in [-0.1, -0.05) is 0 Å². The molecule has 0 spiro atoms. The minimum absolute atomic E-state index is 0.111. The maximum atomic E-state index is 5.09. The Kier molecular flexibility index (Phi) is 2.48. The SMILES string of the molecule is [Si]OC1CNCCO1. The summed E-state index contributed by atoms with van der Waals surface area (Å²) in [6, 6.07) is 0. The highest BCUT2D eigenvalue weighted by Gasteiger charge is 2.09. The van der Waals surface area contributed by atoms with Gasteiger partial charge in [-0.05, 0) is 0 Å². The van der Waals surface area contributed by atoms with Crippen molar-refractivity contribution in [3.8, 4) is 0 Å². The fourth-order valence-electron chi connectivity index (χ4n) is 0.617. The van der Waals surface area contributed by atoms with Gasteiger partial charge in [0.1, 0.15) is 0 Å². The smallest absolute Gasteiger partial charge is 0.249 e. The van der Waals surface area contributed by atoms with Crippen LogP contribution in [0, 0.1) is 0 Å². The predicted molar refractivity (Wildman–Crippen MR) is 29.4 cm³/mol. The first-order valence-corrected chi connectivity index (χ1v) is 2.99. The number of hydrogen-bond donors (Lipinski definition) is 1. The minimum Gasteiger partial charge on any atom is -0.393 e. The molecule has 1 aliphatic heterocycles. The Morgan fingerprint density at radius 3 is 3.00 bits per heavy atom. The molecule has 3 radical (unpaired) electrons. The standard InChI is InChI=1S/C4H8NO2Si/c8-7-4-3-5-1-2-6-4/h4-5H,1-3H2. The van der Waals surface area contributed by atoms with Crippen LogP contribution in [0.3, 0.4) is 0 Å². The van der Waals surface area contributed by atoms with Crippen LogP contribution in [0.25, 0.3) is 0 Å². The topological polar surface area (TPSA) is 30.5 Å². The predicted octanol–water partition coefficient (Wildman–Crippen LogP) is -0.968. The summed E-state index contributed by atoms with van der Waals surface area (Å²) in [5.74, 6) is 0. The first-order valence-electron chi connectivity index (χ1n) is 2.58. The Bertz CT molecular complexity index is 65.1. The van der Waals surface area contributed by atoms with Gasteiger partial charge in [-0.3, -0.25) is 0 Å². The van der Waals surface area contributed by atoms with Gasteiger partial charge in [-0.15, -0.1) is 0 Å². The van der Waals surface area contributed by atoms with Crippen LogP contribution < -0.4 is 5.32 Å². The summed E-state index contributed by atoms with van der Waals surface area (Å²) in [6.45, 7) is 2.42. The van der Waals surface area contributed by atoms with Gasteiger partial charge in [0.25, 0.3) is 0 Å². The van der Waals surface area contributed by atoms with Gasteiger partial charge in [0.05, 0.1) is 6.61 Å². The Morgan fingerprint density at radius 1 is 1.75 bits per heavy atom. The summed E-state index contributed by atoms with van der Waals surface area (Å²) in [7, 11) is 2.89. The summed E-state index contributed by atoms with van der Waals surface area (Å²) in [5.41, 5.74) is 0. The van der Waals surface area contributed by atoms with Crippen LogP contribution in [-0.4, -0.2) is 36.5 Å². The average Bonchev–Trinajstić information content (AvgIpc) is 1.90. The largest absolute Gasteiger partial charge is 0.393 e. The van der Waals surface area contributed by atoms with E-state index in [0.29, 0.717) is 0 Å². The Balaban J connectivity index is 2.13. The van der Waals surface area contributed by atoms with E-state index < -0.39 is 0 Å². The molecule has 1 N–H and O–H groups in total. The van der Waals surface area contributed by atoms with Gasteiger partial charge in [0.2, 0.25) is 10.5 Å². The zero-order valence-electron chi connectivity index (χ0n) is 4.52. The molecule has 0 saturated carbocycles. The third-order valence-corrected chi connectivity index (χ3v) is 1.29. The zero-order valence-corrected chi connectivity index (χ0v) is 5.52. The van der Waals surface area contributed by atoms with Crippen molar-refractivity contribution in [3.63, 3.8) is 0 Å². The summed E-state index contributed by atoms with van der Waals surface area (Å²) < 4.78 is 9.81. The van der Waals surface area contributed by atoms with Gasteiger partial charge >= 0.3 is 0 Å². The quantitative estimate of drug-likeness (QED) is 0.463. The Labute approximate surface area is 51.9 Å². The maximum Gasteiger partial charge on any atom is 0.249 e. The molecular formula is C4H8NO2Si. The lowest BCUT2D eigenvalue weighted by Crippen LogP contribution is -2.39. The van der Waals surface area contributed by atoms with Crippen LogP contribution in [0.5, 0.6) is 0 Å². The molecular weight excluding hydrogens is 122 g/mol. The van der Waals surface area contributed by atoms with Crippen LogP contribution in [0.4, 0.5) is 0 Å². The molecule has 8 heavy (non-hydrogen) atoms. The van der Waals surface area contributed by atoms with Crippen LogP contribution in [0.15, 0.2) is 0 Å². The number of hydrogen-bond acceptors (Lipinski definition) is 3. The van der Waals surface area contributed by atoms with E-state index in [1.807, 2.05) is 0 Å². The average molecular weight is 130 g/mol. The Morgan fingerprint density at radius 2 is 2.62 bits per heavy atom. The molecule has 0 bridgehead atoms. The highest BCUT2D eigenvalue weighted by molar-refractivity contribution is 5.98. The molecule has 45 valence electrons. The molecule has 0 aromatic heterocycles. The maximum absolute atomic E-state index is 5.09. The monoisotopic (exact) mass is 130 g/mol. The zero-order chi connectivity index (χ0) is 5.82. The van der Waals surface area contributed by atoms with E-state index in [0.717, 1.165) is 19.7 Å². The molecule has 0 aromatic rings. The normalized spacial score (nSPS) is 30.4. The molecule has 3 nitrogen and oxygen atoms in total. The van der Waals surface area contributed by atoms with E-state index in [2.05, 4.69) is 15.8 Å². The van der Waals surface area contributed by atoms with Crippen LogP contribution >= 0.6 is 0 Å². The van der Waals surface area contributed by atoms with Gasteiger partial charge in [0, 0.05) is 13.1 Å². The lowest BCUT2D eigenvalue weighted by atomic mass is 10.5. The van der Waals surface area contributed by atoms with Gasteiger partial charge in [-0.2, -0.15) is 0 Å². The van der Waals surface area contributed by atoms with Gasteiger partial charge < -0.3 is 14.5 Å². The lowest BCUT2D eigenvalue weighted by Gasteiger charge is -2.21. The van der Waals surface area contributed by atoms with Crippen molar-refractivity contribution in [3.05, 3.63) is 0 Å². The highest BCUT2D eigenvalue weighted by Crippen LogP contribution is 1.93. The van der Waals surface area contributed by atoms with Crippen molar-refractivity contribution in [2.45, 2.75) is 6.29 Å². The fourth-order valence-corrected chi connectivity index (χ4v) is 0.768. The van der Waals surface area contributed by atoms with Crippen molar-refractivity contribution in [1.29, 1.82) is 0 Å². The Hall–Kier alpha value is 0.0969. The summed E-state index contributed by atoms with van der Waals surface area (Å²) in [4.78, 5) is 0. The molecule has 0 aromatic carbocycles. The summed E-state index contributed by atoms with van der Waals surface area (Å²) in [5, 5.41) is 3.10. The second-order valence-electron chi connectivity index (χ2n) is 1.62. The molecule has 1 rings (SSSR count). The second-order valence-corrected chi connectivity index (χ2v) is 1.86. The van der Waals surface area contributed by atoms with Crippen molar-refractivity contribution in [2.24, 2.45) is 0 Å². The first kappa shape index (κ1) is 6.22. The number of rotatable bonds is 1. The fraction of sp³-hybridized carbons (Fsp3) is 1.00. The molecule has 4 heteroatoms. The van der Waals surface area contributed by atoms with E-state index in [4.69, 9.17) is 9.16 Å². The van der Waals surface area contributed by atoms with Gasteiger partial charge in [0.15, 0.2) is 6.29 Å². The number of morpholine rings is 1. The van der Waals surface area contributed by atoms with Crippen molar-refractivity contribution < 1.29 is 9.16 Å². The second kappa shape index (κ2) is 3.19. The van der Waals surface area contributed by atoms with E-state index in [-0.39, 0.29) is 6.29 Å². The summed E-state index contributed by atoms with van der Waals surface area (Å²) in [6.07, 6.45) is -0.111. The van der Waals surface area contributed by atoms with Crippen LogP contribution in [0.2, 0.25) is 0 Å². The van der Waals surface area contributed by atoms with Crippen molar-refractivity contribution in [2.75, 3.05) is 19.7 Å². The van der Waals surface area contributed by atoms with E-state index in [1.165, 1.54) is 0 Å². The highest BCUT2D eigenvalue weighted by atomic mass is 28.2. The number of nitrogens with one attached hydrogen (secondary N) is 1. The van der Waals surface area contributed by atoms with Crippen LogP contribution in [-0.2, 0) is 9.16 Å². The molecule has 1 aliphatic rings. The van der Waals surface area contributed by atoms with E-state index in [9.17, 15) is 0 Å². The molecule has 1 fully saturated rings. The molecule has 1 unspecified atom stereocenters. The minimum atomic E-state index is -0.111. The van der Waals surface area contributed by atoms with Gasteiger partial charge in [-0.25, -0.2) is 0 Å². The van der Waals surface area contributed by atoms with E-state index in [1.54, 1.807) is 0 Å². The third-order valence-electron chi connectivity index (χ3n) is 1.03. The first-order chi connectivity index (χ1) is 3.93. The van der Waals surface area contributed by atoms with Crippen molar-refractivity contribution >= 4 is 10.5 Å². The van der Waals surface area contributed by atoms with Crippen molar-refractivity contribution in [1.82, 2.24) is 5.32 Å². The molecule has 1 heterocycles. The van der Waals surface area contributed by atoms with E-state index >= 15 is 0 Å². The lowest BCUT2D eigenvalue weighted by molar-refractivity contribution is -0.0915. The molecule has 0 amide bonds. The molecule has 1 saturated heterocycles. The van der Waals surface area contributed by atoms with Crippen LogP contribution in [0.1, 0.15) is 0 Å². The third kappa shape index (κ3) is 1.55.